The van der Waals surface area contributed by atoms with Crippen molar-refractivity contribution in [2.75, 3.05) is 65.3 Å². The zero-order valence-corrected chi connectivity index (χ0v) is 17.1. The number of sulfonamides is 1. The summed E-state index contributed by atoms with van der Waals surface area (Å²) in [7, 11) is -3.32. The molecule has 152 valence electrons. The Kier molecular flexibility index (Phi) is 8.12. The highest BCUT2D eigenvalue weighted by atomic mass is 32.2. The first kappa shape index (κ1) is 21.4. The molecule has 0 aromatic carbocycles. The maximum Gasteiger partial charge on any atom is 0.317 e. The standard InChI is InChI=1S/C17H34N4O4S/c1-15(2)13-18-17(22)20-6-4-5-16(14-20)21(26(3,23)24)8-7-19-9-11-25-12-10-19/h15-16H,4-14H2,1-3H3,(H,18,22). The highest BCUT2D eigenvalue weighted by Gasteiger charge is 2.32. The van der Waals surface area contributed by atoms with Crippen molar-refractivity contribution in [2.24, 2.45) is 5.92 Å². The molecule has 0 aromatic rings. The van der Waals surface area contributed by atoms with Crippen molar-refractivity contribution >= 4 is 16.1 Å². The van der Waals surface area contributed by atoms with Gasteiger partial charge in [-0.25, -0.2) is 13.2 Å². The van der Waals surface area contributed by atoms with E-state index in [0.717, 1.165) is 25.9 Å². The first-order valence-corrected chi connectivity index (χ1v) is 11.4. The molecule has 2 aliphatic rings. The summed E-state index contributed by atoms with van der Waals surface area (Å²) >= 11 is 0. The van der Waals surface area contributed by atoms with Crippen LogP contribution in [0.25, 0.3) is 0 Å². The van der Waals surface area contributed by atoms with E-state index in [0.29, 0.717) is 51.9 Å². The Hall–Kier alpha value is -0.900. The van der Waals surface area contributed by atoms with E-state index in [1.165, 1.54) is 6.26 Å². The smallest absolute Gasteiger partial charge is 0.317 e. The summed E-state index contributed by atoms with van der Waals surface area (Å²) in [6.07, 6.45) is 2.89. The van der Waals surface area contributed by atoms with Crippen LogP contribution < -0.4 is 5.32 Å². The number of morpholine rings is 1. The van der Waals surface area contributed by atoms with Crippen LogP contribution in [0, 0.1) is 5.92 Å². The van der Waals surface area contributed by atoms with Crippen molar-refractivity contribution < 1.29 is 17.9 Å². The molecule has 2 rings (SSSR count). The van der Waals surface area contributed by atoms with Crippen LogP contribution in [0.1, 0.15) is 26.7 Å². The fourth-order valence-corrected chi connectivity index (χ4v) is 4.59. The molecule has 1 atom stereocenters. The molecule has 0 saturated carbocycles. The lowest BCUT2D eigenvalue weighted by Crippen LogP contribution is -2.55. The Morgan fingerprint density at radius 3 is 2.58 bits per heavy atom. The predicted molar refractivity (Wildman–Crippen MR) is 102 cm³/mol. The predicted octanol–water partition coefficient (Wildman–Crippen LogP) is 0.410. The monoisotopic (exact) mass is 390 g/mol. The van der Waals surface area contributed by atoms with Gasteiger partial charge in [-0.1, -0.05) is 13.8 Å². The molecular formula is C17H34N4O4S. The molecule has 0 aliphatic carbocycles. The summed E-state index contributed by atoms with van der Waals surface area (Å²) in [5.74, 6) is 0.389. The van der Waals surface area contributed by atoms with Gasteiger partial charge in [0.25, 0.3) is 0 Å². The van der Waals surface area contributed by atoms with E-state index in [1.54, 1.807) is 9.21 Å². The number of likely N-dealkylation sites (tertiary alicyclic amines) is 1. The number of hydrogen-bond donors (Lipinski definition) is 1. The summed E-state index contributed by atoms with van der Waals surface area (Å²) in [5, 5.41) is 2.93. The molecule has 0 bridgehead atoms. The van der Waals surface area contributed by atoms with Gasteiger partial charge in [0.1, 0.15) is 0 Å². The van der Waals surface area contributed by atoms with Gasteiger partial charge in [-0.3, -0.25) is 4.90 Å². The van der Waals surface area contributed by atoms with E-state index in [4.69, 9.17) is 4.74 Å². The molecule has 2 saturated heterocycles. The molecule has 1 N–H and O–H groups in total. The third kappa shape index (κ3) is 6.68. The zero-order chi connectivity index (χ0) is 19.2. The Balaban J connectivity index is 1.94. The first-order valence-electron chi connectivity index (χ1n) is 9.57. The van der Waals surface area contributed by atoms with E-state index in [1.807, 2.05) is 0 Å². The molecule has 9 heteroatoms. The van der Waals surface area contributed by atoms with Crippen molar-refractivity contribution in [2.45, 2.75) is 32.7 Å². The molecule has 2 amide bonds. The van der Waals surface area contributed by atoms with Crippen LogP contribution in [0.5, 0.6) is 0 Å². The molecule has 2 heterocycles. The zero-order valence-electron chi connectivity index (χ0n) is 16.3. The van der Waals surface area contributed by atoms with E-state index >= 15 is 0 Å². The van der Waals surface area contributed by atoms with E-state index in [-0.39, 0.29) is 12.1 Å². The minimum atomic E-state index is -3.32. The third-order valence-corrected chi connectivity index (χ3v) is 6.25. The lowest BCUT2D eigenvalue weighted by molar-refractivity contribution is 0.0342. The number of rotatable bonds is 7. The van der Waals surface area contributed by atoms with Crippen LogP contribution in [0.2, 0.25) is 0 Å². The van der Waals surface area contributed by atoms with Crippen molar-refractivity contribution in [1.82, 2.24) is 19.4 Å². The van der Waals surface area contributed by atoms with Gasteiger partial charge in [0, 0.05) is 51.9 Å². The Labute approximate surface area is 157 Å². The SMILES string of the molecule is CC(C)CNC(=O)N1CCCC(N(CCN2CCOCC2)S(C)(=O)=O)C1. The molecule has 2 aliphatic heterocycles. The Morgan fingerprint density at radius 1 is 1.27 bits per heavy atom. The van der Waals surface area contributed by atoms with Crippen molar-refractivity contribution in [3.63, 3.8) is 0 Å². The second-order valence-electron chi connectivity index (χ2n) is 7.65. The molecule has 0 radical (unpaired) electrons. The summed E-state index contributed by atoms with van der Waals surface area (Å²) in [4.78, 5) is 16.3. The van der Waals surface area contributed by atoms with Crippen molar-refractivity contribution in [3.05, 3.63) is 0 Å². The highest BCUT2D eigenvalue weighted by Crippen LogP contribution is 2.19. The van der Waals surface area contributed by atoms with Crippen molar-refractivity contribution in [3.8, 4) is 0 Å². The van der Waals surface area contributed by atoms with Crippen LogP contribution in [0.15, 0.2) is 0 Å². The van der Waals surface area contributed by atoms with E-state index in [9.17, 15) is 13.2 Å². The van der Waals surface area contributed by atoms with Crippen LogP contribution in [-0.4, -0.2) is 99.9 Å². The average molecular weight is 391 g/mol. The molecular weight excluding hydrogens is 356 g/mol. The fourth-order valence-electron chi connectivity index (χ4n) is 3.46. The molecule has 2 fully saturated rings. The van der Waals surface area contributed by atoms with Crippen LogP contribution in [0.4, 0.5) is 4.79 Å². The molecule has 0 spiro atoms. The fraction of sp³-hybridized carbons (Fsp3) is 0.941. The summed E-state index contributed by atoms with van der Waals surface area (Å²) in [6, 6.07) is -0.241. The molecule has 0 aromatic heterocycles. The molecule has 1 unspecified atom stereocenters. The number of amides is 2. The van der Waals surface area contributed by atoms with E-state index in [2.05, 4.69) is 24.1 Å². The van der Waals surface area contributed by atoms with Gasteiger partial charge in [-0.05, 0) is 18.8 Å². The van der Waals surface area contributed by atoms with E-state index < -0.39 is 10.0 Å². The quantitative estimate of drug-likeness (QED) is 0.681. The topological polar surface area (TPSA) is 82.2 Å². The van der Waals surface area contributed by atoms with Gasteiger partial charge in [-0.15, -0.1) is 0 Å². The van der Waals surface area contributed by atoms with Crippen molar-refractivity contribution in [1.29, 1.82) is 0 Å². The Bertz CT molecular complexity index is 549. The van der Waals surface area contributed by atoms with Crippen LogP contribution in [0.3, 0.4) is 0 Å². The largest absolute Gasteiger partial charge is 0.379 e. The number of carbonyl (C=O) groups is 1. The number of nitrogens with zero attached hydrogens (tertiary/aromatic N) is 3. The second-order valence-corrected chi connectivity index (χ2v) is 9.58. The van der Waals surface area contributed by atoms with Gasteiger partial charge < -0.3 is 15.0 Å². The number of carbonyl (C=O) groups excluding carboxylic acids is 1. The maximum absolute atomic E-state index is 12.4. The summed E-state index contributed by atoms with van der Waals surface area (Å²) in [6.45, 7) is 10.1. The minimum Gasteiger partial charge on any atom is -0.379 e. The Morgan fingerprint density at radius 2 is 1.96 bits per heavy atom. The number of urea groups is 1. The first-order chi connectivity index (χ1) is 12.3. The third-order valence-electron chi connectivity index (χ3n) is 4.92. The van der Waals surface area contributed by atoms with Crippen LogP contribution in [-0.2, 0) is 14.8 Å². The maximum atomic E-state index is 12.4. The number of piperidine rings is 1. The normalized spacial score (nSPS) is 22.8. The van der Waals surface area contributed by atoms with Gasteiger partial charge in [0.15, 0.2) is 0 Å². The van der Waals surface area contributed by atoms with Gasteiger partial charge >= 0.3 is 6.03 Å². The van der Waals surface area contributed by atoms with Gasteiger partial charge in [-0.2, -0.15) is 4.31 Å². The van der Waals surface area contributed by atoms with Gasteiger partial charge in [0.2, 0.25) is 10.0 Å². The molecule has 26 heavy (non-hydrogen) atoms. The number of hydrogen-bond acceptors (Lipinski definition) is 5. The lowest BCUT2D eigenvalue weighted by atomic mass is 10.1. The van der Waals surface area contributed by atoms with Gasteiger partial charge in [0.05, 0.1) is 19.5 Å². The van der Waals surface area contributed by atoms with Crippen LogP contribution >= 0.6 is 0 Å². The summed E-state index contributed by atoms with van der Waals surface area (Å²) in [5.41, 5.74) is 0. The average Bonchev–Trinajstić information content (AvgIpc) is 2.60. The molecule has 8 nitrogen and oxygen atoms in total. The minimum absolute atomic E-state index is 0.0926. The summed E-state index contributed by atoms with van der Waals surface area (Å²) < 4.78 is 31.7. The number of nitrogens with one attached hydrogen (secondary N) is 1. The number of ether oxygens (including phenoxy) is 1. The second kappa shape index (κ2) is 9.87. The highest BCUT2D eigenvalue weighted by molar-refractivity contribution is 7.88. The lowest BCUT2D eigenvalue weighted by Gasteiger charge is -2.39.